The predicted octanol–water partition coefficient (Wildman–Crippen LogP) is 4.86. The lowest BCUT2D eigenvalue weighted by Crippen LogP contribution is -2.54. The molecular formula is C36H50F4N6O4. The highest BCUT2D eigenvalue weighted by Gasteiger charge is 2.44. The minimum atomic E-state index is -3.58. The number of amides is 2. The topological polar surface area (TPSA) is 109 Å². The number of piperidine rings is 2. The number of nitrogens with zero attached hydrogens (tertiary/aromatic N) is 4. The van der Waals surface area contributed by atoms with Gasteiger partial charge in [-0.1, -0.05) is 26.0 Å². The monoisotopic (exact) mass is 706 g/mol. The molecule has 276 valence electrons. The molecule has 2 aromatic rings. The largest absolute Gasteiger partial charge is 0.470 e. The molecule has 0 spiro atoms. The second-order valence-corrected chi connectivity index (χ2v) is 14.5. The average molecular weight is 707 g/mol. The fourth-order valence-corrected chi connectivity index (χ4v) is 6.59. The van der Waals surface area contributed by atoms with E-state index in [2.05, 4.69) is 30.4 Å². The molecule has 6 rings (SSSR count). The van der Waals surface area contributed by atoms with Gasteiger partial charge in [0.05, 0.1) is 0 Å². The van der Waals surface area contributed by atoms with Gasteiger partial charge in [0, 0.05) is 48.7 Å². The Bertz CT molecular complexity index is 1350. The first-order valence-electron chi connectivity index (χ1n) is 17.6. The molecule has 0 bridgehead atoms. The van der Waals surface area contributed by atoms with Crippen molar-refractivity contribution >= 4 is 11.8 Å². The summed E-state index contributed by atoms with van der Waals surface area (Å²) < 4.78 is 67.4. The number of alkyl halides is 4. The molecular weight excluding hydrogens is 656 g/mol. The van der Waals surface area contributed by atoms with Crippen LogP contribution in [0.2, 0.25) is 0 Å². The van der Waals surface area contributed by atoms with Crippen LogP contribution in [0, 0.1) is 11.8 Å². The van der Waals surface area contributed by atoms with Crippen molar-refractivity contribution in [2.75, 3.05) is 53.5 Å². The number of halogens is 4. The zero-order valence-electron chi connectivity index (χ0n) is 29.3. The summed E-state index contributed by atoms with van der Waals surface area (Å²) in [6.45, 7) is 5.09. The third-order valence-electron chi connectivity index (χ3n) is 9.93. The van der Waals surface area contributed by atoms with Crippen molar-refractivity contribution in [3.05, 3.63) is 47.8 Å². The number of hydrogen-bond donors (Lipinski definition) is 2. The van der Waals surface area contributed by atoms with Crippen molar-refractivity contribution in [1.29, 1.82) is 0 Å². The van der Waals surface area contributed by atoms with E-state index in [1.54, 1.807) is 12.1 Å². The molecule has 50 heavy (non-hydrogen) atoms. The van der Waals surface area contributed by atoms with E-state index in [-0.39, 0.29) is 35.7 Å². The first-order valence-corrected chi connectivity index (χ1v) is 17.6. The van der Waals surface area contributed by atoms with Gasteiger partial charge in [0.2, 0.25) is 11.8 Å². The molecule has 2 saturated heterocycles. The summed E-state index contributed by atoms with van der Waals surface area (Å²) in [5.74, 6) is -8.32. The molecule has 0 radical (unpaired) electrons. The Labute approximate surface area is 291 Å². The highest BCUT2D eigenvalue weighted by atomic mass is 19.3. The molecule has 4 atom stereocenters. The van der Waals surface area contributed by atoms with Crippen molar-refractivity contribution < 1.29 is 36.6 Å². The van der Waals surface area contributed by atoms with E-state index in [4.69, 9.17) is 9.47 Å². The summed E-state index contributed by atoms with van der Waals surface area (Å²) >= 11 is 0. The quantitative estimate of drug-likeness (QED) is 0.302. The van der Waals surface area contributed by atoms with Crippen molar-refractivity contribution in [1.82, 2.24) is 30.4 Å². The lowest BCUT2D eigenvalue weighted by Gasteiger charge is -2.35. The van der Waals surface area contributed by atoms with Crippen LogP contribution in [0.1, 0.15) is 75.3 Å². The summed E-state index contributed by atoms with van der Waals surface area (Å²) in [6, 6.07) is 6.77. The van der Waals surface area contributed by atoms with E-state index in [0.29, 0.717) is 24.7 Å². The molecule has 2 amide bonds. The molecule has 14 heteroatoms. The van der Waals surface area contributed by atoms with Gasteiger partial charge in [-0.15, -0.1) is 0 Å². The van der Waals surface area contributed by atoms with E-state index in [1.807, 2.05) is 40.1 Å². The summed E-state index contributed by atoms with van der Waals surface area (Å²) in [6.07, 6.45) is 8.46. The van der Waals surface area contributed by atoms with Gasteiger partial charge in [-0.05, 0) is 102 Å². The van der Waals surface area contributed by atoms with Crippen molar-refractivity contribution in [3.63, 3.8) is 0 Å². The molecule has 2 aliphatic carbocycles. The smallest absolute Gasteiger partial charge is 0.357 e. The molecule has 4 heterocycles. The number of rotatable bonds is 12. The van der Waals surface area contributed by atoms with Gasteiger partial charge in [0.25, 0.3) is 11.8 Å². The minimum Gasteiger partial charge on any atom is -0.470 e. The average Bonchev–Trinajstić information content (AvgIpc) is 4.01. The van der Waals surface area contributed by atoms with Crippen LogP contribution in [0.5, 0.6) is 11.8 Å². The van der Waals surface area contributed by atoms with Crippen LogP contribution in [0.3, 0.4) is 0 Å². The lowest BCUT2D eigenvalue weighted by atomic mass is 9.94. The third kappa shape index (κ3) is 10.3. The highest BCUT2D eigenvalue weighted by Crippen LogP contribution is 2.44. The van der Waals surface area contributed by atoms with Gasteiger partial charge in [-0.3, -0.25) is 9.59 Å². The van der Waals surface area contributed by atoms with E-state index in [9.17, 15) is 27.2 Å². The standard InChI is InChI=1S/2C18H25F2N3O2/c2*1-12-10-23(2)9-7-15(12)22-17(24)18(19,20)11-25-16-14(13-5-6-13)4-3-8-21-16/h2*3-4,8,12-13,15H,5-7,9-11H2,1-2H3,(H,22,24)/t2*12-,15-/m10/s1. The SMILES string of the molecule is C[C@@H]1CN(C)CC[C@H]1NC(=O)C(F)(F)COc1ncccc1C1CC1.C[C@H]1CN(C)CC[C@@H]1NC(=O)C(F)(F)COc1ncccc1C1CC1. The molecule has 0 unspecified atom stereocenters. The number of carbonyl (C=O) groups is 2. The molecule has 2 saturated carbocycles. The number of carbonyl (C=O) groups excluding carboxylic acids is 2. The zero-order chi connectivity index (χ0) is 36.1. The Hall–Kier alpha value is -3.52. The van der Waals surface area contributed by atoms with Gasteiger partial charge < -0.3 is 29.9 Å². The minimum absolute atomic E-state index is 0.136. The Morgan fingerprint density at radius 2 is 1.10 bits per heavy atom. The first kappa shape index (κ1) is 37.7. The van der Waals surface area contributed by atoms with Crippen LogP contribution in [0.4, 0.5) is 17.6 Å². The summed E-state index contributed by atoms with van der Waals surface area (Å²) in [4.78, 5) is 36.4. The Kier molecular flexibility index (Phi) is 12.2. The third-order valence-corrected chi connectivity index (χ3v) is 9.93. The van der Waals surface area contributed by atoms with E-state index >= 15 is 0 Å². The van der Waals surface area contributed by atoms with Gasteiger partial charge in [-0.2, -0.15) is 17.6 Å². The maximum Gasteiger partial charge on any atom is 0.357 e. The second kappa shape index (κ2) is 16.2. The number of nitrogens with one attached hydrogen (secondary N) is 2. The maximum absolute atomic E-state index is 14.2. The summed E-state index contributed by atoms with van der Waals surface area (Å²) in [7, 11) is 3.97. The number of pyridine rings is 2. The number of aromatic nitrogens is 2. The van der Waals surface area contributed by atoms with Gasteiger partial charge in [0.15, 0.2) is 13.2 Å². The van der Waals surface area contributed by atoms with Crippen LogP contribution in [-0.2, 0) is 9.59 Å². The van der Waals surface area contributed by atoms with Crippen LogP contribution in [-0.4, -0.2) is 109 Å². The van der Waals surface area contributed by atoms with E-state index in [0.717, 1.165) is 63.0 Å². The molecule has 10 nitrogen and oxygen atoms in total. The Morgan fingerprint density at radius 3 is 1.44 bits per heavy atom. The van der Waals surface area contributed by atoms with Crippen LogP contribution < -0.4 is 20.1 Å². The van der Waals surface area contributed by atoms with E-state index in [1.165, 1.54) is 12.4 Å². The molecule has 0 aromatic carbocycles. The highest BCUT2D eigenvalue weighted by molar-refractivity contribution is 5.84. The maximum atomic E-state index is 14.2. The molecule has 4 aliphatic rings. The van der Waals surface area contributed by atoms with Crippen LogP contribution >= 0.6 is 0 Å². The zero-order valence-corrected chi connectivity index (χ0v) is 29.3. The van der Waals surface area contributed by atoms with Gasteiger partial charge >= 0.3 is 11.8 Å². The summed E-state index contributed by atoms with van der Waals surface area (Å²) in [5.41, 5.74) is 1.70. The first-order chi connectivity index (χ1) is 23.7. The fourth-order valence-electron chi connectivity index (χ4n) is 6.59. The van der Waals surface area contributed by atoms with E-state index < -0.39 is 36.9 Å². The van der Waals surface area contributed by atoms with Crippen molar-refractivity contribution in [3.8, 4) is 11.8 Å². The number of ether oxygens (including phenoxy) is 2. The normalized spacial score (nSPS) is 24.8. The second-order valence-electron chi connectivity index (χ2n) is 14.5. The van der Waals surface area contributed by atoms with Crippen molar-refractivity contribution in [2.45, 2.75) is 88.1 Å². The molecule has 2 aliphatic heterocycles. The molecule has 2 N–H and O–H groups in total. The Morgan fingerprint density at radius 1 is 0.720 bits per heavy atom. The number of hydrogen-bond acceptors (Lipinski definition) is 8. The number of likely N-dealkylation sites (tertiary alicyclic amines) is 2. The lowest BCUT2D eigenvalue weighted by molar-refractivity contribution is -0.151. The molecule has 2 aromatic heterocycles. The molecule has 4 fully saturated rings. The predicted molar refractivity (Wildman–Crippen MR) is 180 cm³/mol. The van der Waals surface area contributed by atoms with Crippen LogP contribution in [0.15, 0.2) is 36.7 Å². The van der Waals surface area contributed by atoms with Crippen LogP contribution in [0.25, 0.3) is 0 Å². The van der Waals surface area contributed by atoms with Gasteiger partial charge in [0.1, 0.15) is 0 Å². The summed E-state index contributed by atoms with van der Waals surface area (Å²) in [5, 5.41) is 5.00. The van der Waals surface area contributed by atoms with Crippen molar-refractivity contribution in [2.24, 2.45) is 11.8 Å². The Balaban J connectivity index is 0.000000194. The van der Waals surface area contributed by atoms with Gasteiger partial charge in [-0.25, -0.2) is 9.97 Å². The fraction of sp³-hybridized carbons (Fsp3) is 0.667.